The minimum absolute atomic E-state index is 0.0256. The van der Waals surface area contributed by atoms with Gasteiger partial charge in [-0.15, -0.1) is 6.58 Å². The van der Waals surface area contributed by atoms with E-state index in [0.29, 0.717) is 18.7 Å². The summed E-state index contributed by atoms with van der Waals surface area (Å²) in [5.74, 6) is -0.303. The first-order valence-electron chi connectivity index (χ1n) is 8.10. The molecule has 1 amide bonds. The number of nitrogens with zero attached hydrogens (tertiary/aromatic N) is 2. The maximum atomic E-state index is 11.8. The van der Waals surface area contributed by atoms with Gasteiger partial charge in [-0.25, -0.2) is 4.79 Å². The molecule has 2 rings (SSSR count). The van der Waals surface area contributed by atoms with Crippen LogP contribution in [0.25, 0.3) is 0 Å². The normalized spacial score (nSPS) is 18.1. The van der Waals surface area contributed by atoms with E-state index in [4.69, 9.17) is 4.74 Å². The summed E-state index contributed by atoms with van der Waals surface area (Å²) in [5, 5.41) is 2.81. The third kappa shape index (κ3) is 4.58. The smallest absolute Gasteiger partial charge is 0.337 e. The molecule has 24 heavy (non-hydrogen) atoms. The van der Waals surface area contributed by atoms with Crippen molar-refractivity contribution in [3.8, 4) is 0 Å². The Morgan fingerprint density at radius 2 is 2.04 bits per heavy atom. The van der Waals surface area contributed by atoms with Crippen LogP contribution in [0.5, 0.6) is 0 Å². The van der Waals surface area contributed by atoms with Gasteiger partial charge in [0.15, 0.2) is 0 Å². The molecule has 1 aromatic carbocycles. The average Bonchev–Trinajstić information content (AvgIpc) is 2.61. The second-order valence-corrected chi connectivity index (χ2v) is 5.90. The Hall–Kier alpha value is -2.34. The lowest BCUT2D eigenvalue weighted by molar-refractivity contribution is -0.122. The van der Waals surface area contributed by atoms with Crippen molar-refractivity contribution in [2.24, 2.45) is 0 Å². The summed E-state index contributed by atoms with van der Waals surface area (Å²) in [7, 11) is 1.38. The molecule has 130 valence electrons. The van der Waals surface area contributed by atoms with Gasteiger partial charge < -0.3 is 15.0 Å². The van der Waals surface area contributed by atoms with Crippen LogP contribution in [-0.2, 0) is 9.53 Å². The number of carbonyl (C=O) groups is 2. The van der Waals surface area contributed by atoms with Crippen molar-refractivity contribution in [1.82, 2.24) is 10.2 Å². The molecule has 1 N–H and O–H groups in total. The SMILES string of the molecule is C=CCNC(=O)CN1CCN(c2ccc(C(=O)OC)cc2)C[C@@H]1C. The minimum atomic E-state index is -0.328. The van der Waals surface area contributed by atoms with Gasteiger partial charge >= 0.3 is 5.97 Å². The highest BCUT2D eigenvalue weighted by Gasteiger charge is 2.25. The third-order valence-corrected chi connectivity index (χ3v) is 4.21. The molecule has 1 saturated heterocycles. The Balaban J connectivity index is 1.91. The van der Waals surface area contributed by atoms with Gasteiger partial charge in [-0.1, -0.05) is 6.08 Å². The summed E-state index contributed by atoms with van der Waals surface area (Å²) in [5.41, 5.74) is 1.62. The Bertz CT molecular complexity index is 586. The lowest BCUT2D eigenvalue weighted by Crippen LogP contribution is -2.54. The molecule has 0 unspecified atom stereocenters. The Morgan fingerprint density at radius 3 is 2.62 bits per heavy atom. The van der Waals surface area contributed by atoms with Gasteiger partial charge in [0.05, 0.1) is 19.2 Å². The van der Waals surface area contributed by atoms with Gasteiger partial charge in [0.1, 0.15) is 0 Å². The van der Waals surface area contributed by atoms with Crippen LogP contribution in [0.15, 0.2) is 36.9 Å². The average molecular weight is 331 g/mol. The van der Waals surface area contributed by atoms with Crippen molar-refractivity contribution in [2.45, 2.75) is 13.0 Å². The van der Waals surface area contributed by atoms with E-state index in [1.54, 1.807) is 18.2 Å². The van der Waals surface area contributed by atoms with Gasteiger partial charge in [0.25, 0.3) is 0 Å². The fourth-order valence-corrected chi connectivity index (χ4v) is 2.82. The molecule has 1 heterocycles. The zero-order chi connectivity index (χ0) is 17.5. The molecule has 0 saturated carbocycles. The summed E-state index contributed by atoms with van der Waals surface area (Å²) in [6, 6.07) is 7.70. The second kappa shape index (κ2) is 8.49. The number of esters is 1. The van der Waals surface area contributed by atoms with Crippen LogP contribution in [0.2, 0.25) is 0 Å². The molecule has 1 atom stereocenters. The molecule has 1 fully saturated rings. The van der Waals surface area contributed by atoms with Crippen molar-refractivity contribution in [3.05, 3.63) is 42.5 Å². The fraction of sp³-hybridized carbons (Fsp3) is 0.444. The molecular weight excluding hydrogens is 306 g/mol. The summed E-state index contributed by atoms with van der Waals surface area (Å²) < 4.78 is 4.71. The summed E-state index contributed by atoms with van der Waals surface area (Å²) >= 11 is 0. The van der Waals surface area contributed by atoms with Crippen LogP contribution >= 0.6 is 0 Å². The molecule has 0 bridgehead atoms. The lowest BCUT2D eigenvalue weighted by Gasteiger charge is -2.40. The quantitative estimate of drug-likeness (QED) is 0.629. The molecule has 6 nitrogen and oxygen atoms in total. The van der Waals surface area contributed by atoms with E-state index in [9.17, 15) is 9.59 Å². The third-order valence-electron chi connectivity index (χ3n) is 4.21. The van der Waals surface area contributed by atoms with E-state index in [0.717, 1.165) is 25.3 Å². The van der Waals surface area contributed by atoms with Crippen LogP contribution in [0.1, 0.15) is 17.3 Å². The number of carbonyl (C=O) groups excluding carboxylic acids is 2. The second-order valence-electron chi connectivity index (χ2n) is 5.90. The van der Waals surface area contributed by atoms with E-state index in [2.05, 4.69) is 28.6 Å². The van der Waals surface area contributed by atoms with E-state index in [1.807, 2.05) is 12.1 Å². The number of benzene rings is 1. The van der Waals surface area contributed by atoms with Crippen molar-refractivity contribution in [1.29, 1.82) is 0 Å². The Morgan fingerprint density at radius 1 is 1.33 bits per heavy atom. The van der Waals surface area contributed by atoms with E-state index < -0.39 is 0 Å². The van der Waals surface area contributed by atoms with Gasteiger partial charge in [-0.3, -0.25) is 9.69 Å². The standard InChI is InChI=1S/C18H25N3O3/c1-4-9-19-17(22)13-20-10-11-21(12-14(20)2)16-7-5-15(6-8-16)18(23)24-3/h4-8,14H,1,9-13H2,2-3H3,(H,19,22)/t14-/m0/s1. The molecule has 0 radical (unpaired) electrons. The molecular formula is C18H25N3O3. The van der Waals surface area contributed by atoms with Crippen molar-refractivity contribution in [3.63, 3.8) is 0 Å². The topological polar surface area (TPSA) is 61.9 Å². The predicted octanol–water partition coefficient (Wildman–Crippen LogP) is 1.29. The zero-order valence-electron chi connectivity index (χ0n) is 14.3. The number of hydrogen-bond donors (Lipinski definition) is 1. The number of hydrogen-bond acceptors (Lipinski definition) is 5. The first kappa shape index (κ1) is 18.0. The Kier molecular flexibility index (Phi) is 6.37. The van der Waals surface area contributed by atoms with E-state index >= 15 is 0 Å². The van der Waals surface area contributed by atoms with Crippen molar-refractivity contribution < 1.29 is 14.3 Å². The van der Waals surface area contributed by atoms with Crippen LogP contribution in [0, 0.1) is 0 Å². The highest BCUT2D eigenvalue weighted by molar-refractivity contribution is 5.89. The molecule has 0 aromatic heterocycles. The van der Waals surface area contributed by atoms with Crippen LogP contribution < -0.4 is 10.2 Å². The van der Waals surface area contributed by atoms with E-state index in [-0.39, 0.29) is 17.9 Å². The van der Waals surface area contributed by atoms with Crippen molar-refractivity contribution in [2.75, 3.05) is 44.7 Å². The van der Waals surface area contributed by atoms with Gasteiger partial charge in [0.2, 0.25) is 5.91 Å². The van der Waals surface area contributed by atoms with Gasteiger partial charge in [0, 0.05) is 37.9 Å². The highest BCUT2D eigenvalue weighted by Crippen LogP contribution is 2.20. The number of amides is 1. The van der Waals surface area contributed by atoms with Gasteiger partial charge in [-0.2, -0.15) is 0 Å². The summed E-state index contributed by atoms with van der Waals surface area (Å²) in [6.07, 6.45) is 1.68. The first-order chi connectivity index (χ1) is 11.5. The zero-order valence-corrected chi connectivity index (χ0v) is 14.3. The summed E-state index contributed by atoms with van der Waals surface area (Å²) in [6.45, 7) is 9.13. The minimum Gasteiger partial charge on any atom is -0.465 e. The first-order valence-corrected chi connectivity index (χ1v) is 8.10. The predicted molar refractivity (Wildman–Crippen MR) is 94.2 cm³/mol. The lowest BCUT2D eigenvalue weighted by atomic mass is 10.1. The fourth-order valence-electron chi connectivity index (χ4n) is 2.82. The molecule has 1 aliphatic rings. The van der Waals surface area contributed by atoms with Crippen LogP contribution in [-0.4, -0.2) is 62.7 Å². The number of methoxy groups -OCH3 is 1. The van der Waals surface area contributed by atoms with Crippen LogP contribution in [0.4, 0.5) is 5.69 Å². The highest BCUT2D eigenvalue weighted by atomic mass is 16.5. The van der Waals surface area contributed by atoms with Crippen LogP contribution in [0.3, 0.4) is 0 Å². The molecule has 0 spiro atoms. The molecule has 6 heteroatoms. The largest absolute Gasteiger partial charge is 0.465 e. The number of anilines is 1. The summed E-state index contributed by atoms with van der Waals surface area (Å²) in [4.78, 5) is 27.8. The monoisotopic (exact) mass is 331 g/mol. The number of rotatable bonds is 6. The van der Waals surface area contributed by atoms with E-state index in [1.165, 1.54) is 7.11 Å². The molecule has 1 aromatic rings. The molecule has 0 aliphatic carbocycles. The maximum absolute atomic E-state index is 11.8. The van der Waals surface area contributed by atoms with Gasteiger partial charge in [-0.05, 0) is 31.2 Å². The number of nitrogens with one attached hydrogen (secondary N) is 1. The van der Waals surface area contributed by atoms with Crippen molar-refractivity contribution >= 4 is 17.6 Å². The number of piperazine rings is 1. The Labute approximate surface area is 143 Å². The number of ether oxygens (including phenoxy) is 1. The molecule has 1 aliphatic heterocycles. The maximum Gasteiger partial charge on any atom is 0.337 e.